The summed E-state index contributed by atoms with van der Waals surface area (Å²) in [5, 5.41) is 0. The molecular formula is C11H9F3O4. The van der Waals surface area contributed by atoms with Crippen LogP contribution < -0.4 is 4.74 Å². The Morgan fingerprint density at radius 1 is 1.22 bits per heavy atom. The summed E-state index contributed by atoms with van der Waals surface area (Å²) in [6.07, 6.45) is -4.60. The summed E-state index contributed by atoms with van der Waals surface area (Å²) < 4.78 is 46.4. The molecular weight excluding hydrogens is 253 g/mol. The van der Waals surface area contributed by atoms with Crippen molar-refractivity contribution >= 4 is 11.9 Å². The Balaban J connectivity index is 3.29. The fourth-order valence-electron chi connectivity index (χ4n) is 1.22. The Kier molecular flexibility index (Phi) is 3.95. The molecule has 0 amide bonds. The largest absolute Gasteiger partial charge is 0.465 e. The van der Waals surface area contributed by atoms with Crippen molar-refractivity contribution in [3.8, 4) is 5.75 Å². The lowest BCUT2D eigenvalue weighted by atomic mass is 10.1. The highest BCUT2D eigenvalue weighted by Gasteiger charge is 2.32. The Morgan fingerprint density at radius 3 is 2.28 bits per heavy atom. The minimum atomic E-state index is -4.60. The number of esters is 2. The molecule has 1 aromatic rings. The first kappa shape index (κ1) is 14.0. The first-order valence-corrected chi connectivity index (χ1v) is 4.73. The molecule has 0 saturated carbocycles. The van der Waals surface area contributed by atoms with E-state index in [2.05, 4.69) is 9.47 Å². The molecule has 0 aliphatic rings. The molecule has 0 aromatic heterocycles. The lowest BCUT2D eigenvalue weighted by Gasteiger charge is -2.11. The summed E-state index contributed by atoms with van der Waals surface area (Å²) in [5.41, 5.74) is -1.48. The van der Waals surface area contributed by atoms with Crippen molar-refractivity contribution < 1.29 is 32.2 Å². The van der Waals surface area contributed by atoms with E-state index >= 15 is 0 Å². The molecule has 0 aliphatic carbocycles. The zero-order valence-corrected chi connectivity index (χ0v) is 9.50. The second-order valence-corrected chi connectivity index (χ2v) is 3.29. The molecule has 18 heavy (non-hydrogen) atoms. The minimum Gasteiger partial charge on any atom is -0.465 e. The van der Waals surface area contributed by atoms with E-state index in [1.54, 1.807) is 0 Å². The predicted molar refractivity (Wildman–Crippen MR) is 54.1 cm³/mol. The standard InChI is InChI=1S/C11H9F3O4/c1-6(15)18-9-4-3-7(11(12,13)14)5-8(9)10(16)17-2/h3-5H,1-2H3. The second-order valence-electron chi connectivity index (χ2n) is 3.29. The number of carbonyl (C=O) groups excluding carboxylic acids is 2. The number of hydrogen-bond donors (Lipinski definition) is 0. The molecule has 0 bridgehead atoms. The van der Waals surface area contributed by atoms with Gasteiger partial charge in [-0.1, -0.05) is 0 Å². The van der Waals surface area contributed by atoms with Crippen LogP contribution >= 0.6 is 0 Å². The van der Waals surface area contributed by atoms with Crippen molar-refractivity contribution in [1.82, 2.24) is 0 Å². The number of halogens is 3. The van der Waals surface area contributed by atoms with Gasteiger partial charge in [-0.05, 0) is 18.2 Å². The van der Waals surface area contributed by atoms with Crippen molar-refractivity contribution in [3.63, 3.8) is 0 Å². The average molecular weight is 262 g/mol. The van der Waals surface area contributed by atoms with Crippen molar-refractivity contribution in [3.05, 3.63) is 29.3 Å². The molecule has 0 saturated heterocycles. The molecule has 98 valence electrons. The summed E-state index contributed by atoms with van der Waals surface area (Å²) in [4.78, 5) is 22.1. The quantitative estimate of drug-likeness (QED) is 0.606. The third-order valence-electron chi connectivity index (χ3n) is 1.97. The van der Waals surface area contributed by atoms with Gasteiger partial charge in [0.05, 0.1) is 12.7 Å². The smallest absolute Gasteiger partial charge is 0.416 e. The minimum absolute atomic E-state index is 0.276. The molecule has 0 N–H and O–H groups in total. The molecule has 1 rings (SSSR count). The summed E-state index contributed by atoms with van der Waals surface area (Å²) in [7, 11) is 1.01. The van der Waals surface area contributed by atoms with Gasteiger partial charge in [-0.15, -0.1) is 0 Å². The number of carbonyl (C=O) groups is 2. The SMILES string of the molecule is COC(=O)c1cc(C(F)(F)F)ccc1OC(C)=O. The van der Waals surface area contributed by atoms with Crippen molar-refractivity contribution in [2.45, 2.75) is 13.1 Å². The fraction of sp³-hybridized carbons (Fsp3) is 0.273. The highest BCUT2D eigenvalue weighted by molar-refractivity contribution is 5.93. The maximum Gasteiger partial charge on any atom is 0.416 e. The van der Waals surface area contributed by atoms with Gasteiger partial charge in [-0.3, -0.25) is 4.79 Å². The van der Waals surface area contributed by atoms with E-state index in [9.17, 15) is 22.8 Å². The van der Waals surface area contributed by atoms with Crippen LogP contribution in [0.15, 0.2) is 18.2 Å². The fourth-order valence-corrected chi connectivity index (χ4v) is 1.22. The summed E-state index contributed by atoms with van der Waals surface area (Å²) in [6.45, 7) is 1.07. The lowest BCUT2D eigenvalue weighted by Crippen LogP contribution is -2.12. The van der Waals surface area contributed by atoms with Crippen LogP contribution in [0.4, 0.5) is 13.2 Å². The van der Waals surface area contributed by atoms with Crippen LogP contribution in [0.3, 0.4) is 0 Å². The van der Waals surface area contributed by atoms with Gasteiger partial charge >= 0.3 is 18.1 Å². The molecule has 0 fully saturated rings. The third-order valence-corrected chi connectivity index (χ3v) is 1.97. The van der Waals surface area contributed by atoms with E-state index in [0.29, 0.717) is 12.1 Å². The van der Waals surface area contributed by atoms with Crippen LogP contribution in [0.5, 0.6) is 5.75 Å². The second kappa shape index (κ2) is 5.07. The van der Waals surface area contributed by atoms with Gasteiger partial charge in [0.15, 0.2) is 0 Å². The zero-order chi connectivity index (χ0) is 13.9. The molecule has 1 aromatic carbocycles. The molecule has 0 atom stereocenters. The van der Waals surface area contributed by atoms with Crippen LogP contribution in [-0.4, -0.2) is 19.0 Å². The van der Waals surface area contributed by atoms with Crippen LogP contribution in [-0.2, 0) is 15.7 Å². The predicted octanol–water partition coefficient (Wildman–Crippen LogP) is 2.42. The van der Waals surface area contributed by atoms with E-state index < -0.39 is 29.2 Å². The van der Waals surface area contributed by atoms with E-state index in [1.165, 1.54) is 0 Å². The molecule has 0 radical (unpaired) electrons. The summed E-state index contributed by atoms with van der Waals surface area (Å²) in [5.74, 6) is -2.04. The topological polar surface area (TPSA) is 52.6 Å². The Bertz CT molecular complexity index is 480. The maximum atomic E-state index is 12.5. The van der Waals surface area contributed by atoms with Crippen LogP contribution in [0.1, 0.15) is 22.8 Å². The van der Waals surface area contributed by atoms with Gasteiger partial charge in [0.2, 0.25) is 0 Å². The van der Waals surface area contributed by atoms with Gasteiger partial charge in [0, 0.05) is 6.92 Å². The Morgan fingerprint density at radius 2 is 1.83 bits per heavy atom. The van der Waals surface area contributed by atoms with E-state index in [0.717, 1.165) is 20.1 Å². The lowest BCUT2D eigenvalue weighted by molar-refractivity contribution is -0.137. The van der Waals surface area contributed by atoms with Crippen LogP contribution in [0, 0.1) is 0 Å². The van der Waals surface area contributed by atoms with E-state index in [-0.39, 0.29) is 5.75 Å². The van der Waals surface area contributed by atoms with Crippen LogP contribution in [0.25, 0.3) is 0 Å². The van der Waals surface area contributed by atoms with Gasteiger partial charge in [0.1, 0.15) is 11.3 Å². The number of ether oxygens (including phenoxy) is 2. The van der Waals surface area contributed by atoms with Crippen molar-refractivity contribution in [2.75, 3.05) is 7.11 Å². The molecule has 7 heteroatoms. The summed E-state index contributed by atoms with van der Waals surface area (Å²) >= 11 is 0. The van der Waals surface area contributed by atoms with Crippen molar-refractivity contribution in [1.29, 1.82) is 0 Å². The third kappa shape index (κ3) is 3.22. The normalized spacial score (nSPS) is 10.9. The maximum absolute atomic E-state index is 12.5. The Hall–Kier alpha value is -2.05. The molecule has 0 heterocycles. The number of hydrogen-bond acceptors (Lipinski definition) is 4. The van der Waals surface area contributed by atoms with E-state index in [1.807, 2.05) is 0 Å². The van der Waals surface area contributed by atoms with Gasteiger partial charge in [-0.25, -0.2) is 4.79 Å². The van der Waals surface area contributed by atoms with Crippen molar-refractivity contribution in [2.24, 2.45) is 0 Å². The average Bonchev–Trinajstić information content (AvgIpc) is 2.26. The highest BCUT2D eigenvalue weighted by atomic mass is 19.4. The number of methoxy groups -OCH3 is 1. The molecule has 0 unspecified atom stereocenters. The first-order chi connectivity index (χ1) is 8.25. The number of alkyl halides is 3. The molecule has 0 aliphatic heterocycles. The summed E-state index contributed by atoms with van der Waals surface area (Å²) in [6, 6.07) is 2.19. The van der Waals surface area contributed by atoms with Gasteiger partial charge < -0.3 is 9.47 Å². The number of rotatable bonds is 2. The van der Waals surface area contributed by atoms with Crippen LogP contribution in [0.2, 0.25) is 0 Å². The van der Waals surface area contributed by atoms with Gasteiger partial charge in [0.25, 0.3) is 0 Å². The van der Waals surface area contributed by atoms with E-state index in [4.69, 9.17) is 0 Å². The highest BCUT2D eigenvalue weighted by Crippen LogP contribution is 2.32. The first-order valence-electron chi connectivity index (χ1n) is 4.73. The zero-order valence-electron chi connectivity index (χ0n) is 9.50. The molecule has 0 spiro atoms. The van der Waals surface area contributed by atoms with Gasteiger partial charge in [-0.2, -0.15) is 13.2 Å². The number of benzene rings is 1. The monoisotopic (exact) mass is 262 g/mol. The Labute approximate surface area is 100 Å². The molecule has 4 nitrogen and oxygen atoms in total.